The van der Waals surface area contributed by atoms with Crippen LogP contribution in [0.3, 0.4) is 0 Å². The molecule has 0 saturated carbocycles. The van der Waals surface area contributed by atoms with Gasteiger partial charge in [0.05, 0.1) is 0 Å². The second kappa shape index (κ2) is 5.72. The topological polar surface area (TPSA) is 77.8 Å². The highest BCUT2D eigenvalue weighted by Crippen LogP contribution is 2.35. The van der Waals surface area contributed by atoms with Gasteiger partial charge in [-0.05, 0) is 12.8 Å². The Morgan fingerprint density at radius 1 is 1.00 bits per heavy atom. The Balaban J connectivity index is 3.09. The Labute approximate surface area is 66.4 Å². The van der Waals surface area contributed by atoms with Crippen LogP contribution in [0, 0.1) is 0 Å². The fourth-order valence-electron chi connectivity index (χ4n) is 0.783. The van der Waals surface area contributed by atoms with Gasteiger partial charge in [-0.2, -0.15) is 0 Å². The van der Waals surface area contributed by atoms with Gasteiger partial charge in [-0.15, -0.1) is 0 Å². The van der Waals surface area contributed by atoms with E-state index in [1.807, 2.05) is 0 Å². The van der Waals surface area contributed by atoms with E-state index in [0.29, 0.717) is 6.42 Å². The molecule has 0 rings (SSSR count). The average Bonchev–Trinajstić information content (AvgIpc) is 1.85. The molecule has 0 bridgehead atoms. The second-order valence-corrected chi connectivity index (χ2v) is 4.30. The molecular formula is C6H15O4P. The molecule has 0 spiro atoms. The zero-order valence-electron chi connectivity index (χ0n) is 6.44. The lowest BCUT2D eigenvalue weighted by molar-refractivity contribution is 0.283. The van der Waals surface area contributed by atoms with Gasteiger partial charge >= 0.3 is 7.60 Å². The number of aliphatic hydroxyl groups is 1. The van der Waals surface area contributed by atoms with Crippen molar-refractivity contribution in [3.05, 3.63) is 0 Å². The quantitative estimate of drug-likeness (QED) is 0.417. The Morgan fingerprint density at radius 2 is 1.55 bits per heavy atom. The van der Waals surface area contributed by atoms with Gasteiger partial charge in [-0.3, -0.25) is 4.57 Å². The minimum Gasteiger partial charge on any atom is -0.396 e. The molecule has 0 aromatic heterocycles. The van der Waals surface area contributed by atoms with E-state index in [0.717, 1.165) is 19.3 Å². The van der Waals surface area contributed by atoms with Crippen molar-refractivity contribution in [1.82, 2.24) is 0 Å². The van der Waals surface area contributed by atoms with Gasteiger partial charge in [0.2, 0.25) is 0 Å². The molecule has 0 radical (unpaired) electrons. The Morgan fingerprint density at radius 3 is 2.00 bits per heavy atom. The van der Waals surface area contributed by atoms with E-state index in [4.69, 9.17) is 14.9 Å². The SMILES string of the molecule is O=P(O)(O)CCCCCCO. The van der Waals surface area contributed by atoms with E-state index in [1.165, 1.54) is 0 Å². The second-order valence-electron chi connectivity index (χ2n) is 2.53. The molecule has 0 saturated heterocycles. The largest absolute Gasteiger partial charge is 0.396 e. The molecule has 0 atom stereocenters. The molecule has 0 unspecified atom stereocenters. The van der Waals surface area contributed by atoms with Crippen LogP contribution in [0.1, 0.15) is 25.7 Å². The zero-order valence-corrected chi connectivity index (χ0v) is 7.33. The highest BCUT2D eigenvalue weighted by Gasteiger charge is 2.10. The van der Waals surface area contributed by atoms with Gasteiger partial charge in [0.1, 0.15) is 0 Å². The van der Waals surface area contributed by atoms with Crippen LogP contribution in [0.4, 0.5) is 0 Å². The van der Waals surface area contributed by atoms with Crippen molar-refractivity contribution in [2.24, 2.45) is 0 Å². The summed E-state index contributed by atoms with van der Waals surface area (Å²) in [6.07, 6.45) is 2.87. The number of rotatable bonds is 6. The van der Waals surface area contributed by atoms with Crippen LogP contribution < -0.4 is 0 Å². The number of hydrogen-bond donors (Lipinski definition) is 3. The number of aliphatic hydroxyl groups excluding tert-OH is 1. The van der Waals surface area contributed by atoms with Crippen LogP contribution in [0.5, 0.6) is 0 Å². The van der Waals surface area contributed by atoms with Crippen molar-refractivity contribution in [1.29, 1.82) is 0 Å². The maximum absolute atomic E-state index is 10.3. The van der Waals surface area contributed by atoms with Crippen LogP contribution in [-0.2, 0) is 4.57 Å². The summed E-state index contributed by atoms with van der Waals surface area (Å²) in [6.45, 7) is 0.163. The Kier molecular flexibility index (Phi) is 5.78. The molecule has 0 aromatic carbocycles. The third kappa shape index (κ3) is 10.1. The van der Waals surface area contributed by atoms with Gasteiger partial charge < -0.3 is 14.9 Å². The lowest BCUT2D eigenvalue weighted by atomic mass is 10.2. The van der Waals surface area contributed by atoms with Gasteiger partial charge in [-0.25, -0.2) is 0 Å². The van der Waals surface area contributed by atoms with E-state index in [-0.39, 0.29) is 12.8 Å². The predicted octanol–water partition coefficient (Wildman–Crippen LogP) is 0.717. The van der Waals surface area contributed by atoms with Gasteiger partial charge in [0.25, 0.3) is 0 Å². The molecule has 0 amide bonds. The maximum Gasteiger partial charge on any atom is 0.325 e. The van der Waals surface area contributed by atoms with Crippen LogP contribution in [-0.4, -0.2) is 27.7 Å². The van der Waals surface area contributed by atoms with Crippen LogP contribution >= 0.6 is 7.60 Å². The highest BCUT2D eigenvalue weighted by atomic mass is 31.2. The number of unbranched alkanes of at least 4 members (excludes halogenated alkanes) is 3. The van der Waals surface area contributed by atoms with Gasteiger partial charge in [-0.1, -0.05) is 12.8 Å². The first-order chi connectivity index (χ1) is 5.06. The van der Waals surface area contributed by atoms with E-state index in [1.54, 1.807) is 0 Å². The van der Waals surface area contributed by atoms with Crippen LogP contribution in [0.15, 0.2) is 0 Å². The smallest absolute Gasteiger partial charge is 0.325 e. The summed E-state index contributed by atoms with van der Waals surface area (Å²) in [4.78, 5) is 16.9. The van der Waals surface area contributed by atoms with Crippen molar-refractivity contribution in [2.45, 2.75) is 25.7 Å². The normalized spacial score (nSPS) is 11.9. The summed E-state index contributed by atoms with van der Waals surface area (Å²) in [5.41, 5.74) is 0. The molecule has 0 aromatic rings. The van der Waals surface area contributed by atoms with Crippen LogP contribution in [0.2, 0.25) is 0 Å². The molecule has 0 heterocycles. The van der Waals surface area contributed by atoms with E-state index >= 15 is 0 Å². The molecule has 0 fully saturated rings. The Bertz CT molecular complexity index is 131. The fraction of sp³-hybridized carbons (Fsp3) is 1.00. The van der Waals surface area contributed by atoms with E-state index < -0.39 is 7.60 Å². The third-order valence-electron chi connectivity index (χ3n) is 1.36. The van der Waals surface area contributed by atoms with Crippen molar-refractivity contribution in [2.75, 3.05) is 12.8 Å². The first-order valence-electron chi connectivity index (χ1n) is 3.72. The monoisotopic (exact) mass is 182 g/mol. The van der Waals surface area contributed by atoms with Crippen molar-refractivity contribution in [3.63, 3.8) is 0 Å². The molecule has 68 valence electrons. The lowest BCUT2D eigenvalue weighted by Gasteiger charge is -2.01. The van der Waals surface area contributed by atoms with Crippen molar-refractivity contribution >= 4 is 7.60 Å². The molecule has 11 heavy (non-hydrogen) atoms. The minimum atomic E-state index is -3.78. The molecule has 0 aliphatic heterocycles. The number of hydrogen-bond acceptors (Lipinski definition) is 2. The molecule has 3 N–H and O–H groups in total. The maximum atomic E-state index is 10.3. The molecule has 0 aliphatic rings. The molecule has 0 aliphatic carbocycles. The predicted molar refractivity (Wildman–Crippen MR) is 42.5 cm³/mol. The summed E-state index contributed by atoms with van der Waals surface area (Å²) < 4.78 is 10.3. The molecule has 4 nitrogen and oxygen atoms in total. The first-order valence-corrected chi connectivity index (χ1v) is 5.51. The lowest BCUT2D eigenvalue weighted by Crippen LogP contribution is -1.89. The molecule has 5 heteroatoms. The fourth-order valence-corrected chi connectivity index (χ4v) is 1.42. The summed E-state index contributed by atoms with van der Waals surface area (Å²) in [5.74, 6) is 0. The van der Waals surface area contributed by atoms with E-state index in [9.17, 15) is 4.57 Å². The first kappa shape index (κ1) is 11.1. The summed E-state index contributed by atoms with van der Waals surface area (Å²) >= 11 is 0. The Hall–Kier alpha value is 0.110. The van der Waals surface area contributed by atoms with Crippen molar-refractivity contribution < 1.29 is 19.5 Å². The average molecular weight is 182 g/mol. The van der Waals surface area contributed by atoms with Crippen LogP contribution in [0.25, 0.3) is 0 Å². The molecular weight excluding hydrogens is 167 g/mol. The summed E-state index contributed by atoms with van der Waals surface area (Å²) in [5, 5.41) is 8.37. The highest BCUT2D eigenvalue weighted by molar-refractivity contribution is 7.51. The summed E-state index contributed by atoms with van der Waals surface area (Å²) in [7, 11) is -3.78. The van der Waals surface area contributed by atoms with Gasteiger partial charge in [0.15, 0.2) is 0 Å². The van der Waals surface area contributed by atoms with E-state index in [2.05, 4.69) is 0 Å². The summed E-state index contributed by atoms with van der Waals surface area (Å²) in [6, 6.07) is 0. The third-order valence-corrected chi connectivity index (χ3v) is 2.26. The standard InChI is InChI=1S/C6H15O4P/c7-5-3-1-2-4-6-11(8,9)10/h7H,1-6H2,(H2,8,9,10). The van der Waals surface area contributed by atoms with Gasteiger partial charge in [0, 0.05) is 12.8 Å². The minimum absolute atomic E-state index is 0.0293. The zero-order chi connectivity index (χ0) is 8.74. The van der Waals surface area contributed by atoms with Crippen molar-refractivity contribution in [3.8, 4) is 0 Å².